The van der Waals surface area contributed by atoms with Crippen molar-refractivity contribution in [2.45, 2.75) is 27.2 Å². The second-order valence-electron chi connectivity index (χ2n) is 3.48. The Bertz CT molecular complexity index is 159. The Morgan fingerprint density at radius 1 is 1.50 bits per heavy atom. The lowest BCUT2D eigenvalue weighted by molar-refractivity contribution is -0.112. The van der Waals surface area contributed by atoms with E-state index in [-0.39, 0.29) is 12.5 Å². The number of aliphatic hydroxyl groups is 1. The minimum Gasteiger partial charge on any atom is -0.392 e. The van der Waals surface area contributed by atoms with Gasteiger partial charge in [-0.2, -0.15) is 0 Å². The third kappa shape index (κ3) is 4.29. The van der Waals surface area contributed by atoms with Gasteiger partial charge in [-0.15, -0.1) is 0 Å². The van der Waals surface area contributed by atoms with Gasteiger partial charge in [-0.05, 0) is 19.3 Å². The van der Waals surface area contributed by atoms with Crippen molar-refractivity contribution in [3.8, 4) is 0 Å². The number of hydrogen-bond donors (Lipinski definition) is 1. The fourth-order valence-corrected chi connectivity index (χ4v) is 1.05. The summed E-state index contributed by atoms with van der Waals surface area (Å²) in [6, 6.07) is 0. The van der Waals surface area contributed by atoms with Crippen LogP contribution in [0.1, 0.15) is 27.2 Å². The first kappa shape index (κ1) is 11.4. The molecule has 0 aliphatic carbocycles. The second-order valence-corrected chi connectivity index (χ2v) is 3.48. The van der Waals surface area contributed by atoms with Gasteiger partial charge >= 0.3 is 0 Å². The van der Waals surface area contributed by atoms with Gasteiger partial charge in [0.2, 0.25) is 0 Å². The zero-order chi connectivity index (χ0) is 9.56. The third-order valence-corrected chi connectivity index (χ3v) is 2.03. The Balaban J connectivity index is 4.02. The van der Waals surface area contributed by atoms with E-state index in [0.29, 0.717) is 5.92 Å². The molecule has 0 bridgehead atoms. The summed E-state index contributed by atoms with van der Waals surface area (Å²) in [4.78, 5) is 10.6. The Morgan fingerprint density at radius 2 is 2.08 bits per heavy atom. The van der Waals surface area contributed by atoms with E-state index in [4.69, 9.17) is 5.11 Å². The van der Waals surface area contributed by atoms with Crippen molar-refractivity contribution >= 4 is 6.29 Å². The highest BCUT2D eigenvalue weighted by molar-refractivity contribution is 5.54. The summed E-state index contributed by atoms with van der Waals surface area (Å²) in [7, 11) is 0. The molecule has 0 saturated heterocycles. The maximum Gasteiger partial charge on any atom is 0.123 e. The summed E-state index contributed by atoms with van der Waals surface area (Å²) >= 11 is 0. The molecular formula is C10H18O2. The van der Waals surface area contributed by atoms with Crippen molar-refractivity contribution in [2.24, 2.45) is 11.8 Å². The zero-order valence-electron chi connectivity index (χ0n) is 8.08. The van der Waals surface area contributed by atoms with Gasteiger partial charge in [0.15, 0.2) is 0 Å². The number of aldehydes is 1. The molecule has 1 N–H and O–H groups in total. The fraction of sp³-hybridized carbons (Fsp3) is 0.700. The molecule has 0 aromatic rings. The Hall–Kier alpha value is -0.630. The van der Waals surface area contributed by atoms with Crippen LogP contribution < -0.4 is 0 Å². The first-order valence-corrected chi connectivity index (χ1v) is 4.33. The van der Waals surface area contributed by atoms with Gasteiger partial charge in [0, 0.05) is 5.92 Å². The van der Waals surface area contributed by atoms with E-state index in [0.717, 1.165) is 18.3 Å². The van der Waals surface area contributed by atoms with Crippen LogP contribution in [-0.4, -0.2) is 18.0 Å². The normalized spacial score (nSPS) is 14.9. The van der Waals surface area contributed by atoms with Crippen LogP contribution in [-0.2, 0) is 4.79 Å². The van der Waals surface area contributed by atoms with Crippen molar-refractivity contribution in [1.29, 1.82) is 0 Å². The largest absolute Gasteiger partial charge is 0.392 e. The first-order chi connectivity index (χ1) is 5.61. The van der Waals surface area contributed by atoms with Crippen molar-refractivity contribution < 1.29 is 9.90 Å². The molecule has 0 aliphatic rings. The molecule has 70 valence electrons. The SMILES string of the molecule is CC(=CCO)CC(C=O)C(C)C. The summed E-state index contributed by atoms with van der Waals surface area (Å²) in [6.07, 6.45) is 3.51. The molecule has 0 saturated carbocycles. The average Bonchev–Trinajstić information content (AvgIpc) is 2.00. The maximum atomic E-state index is 10.6. The number of rotatable bonds is 5. The van der Waals surface area contributed by atoms with E-state index >= 15 is 0 Å². The number of carbonyl (C=O) groups is 1. The highest BCUT2D eigenvalue weighted by Gasteiger charge is 2.11. The van der Waals surface area contributed by atoms with Gasteiger partial charge < -0.3 is 9.90 Å². The number of hydrogen-bond acceptors (Lipinski definition) is 2. The summed E-state index contributed by atoms with van der Waals surface area (Å²) in [5.41, 5.74) is 1.09. The standard InChI is InChI=1S/C10H18O2/c1-8(2)10(7-12)6-9(3)4-5-11/h4,7-8,10-11H,5-6H2,1-3H3. The predicted molar refractivity (Wildman–Crippen MR) is 49.9 cm³/mol. The molecule has 0 aromatic heterocycles. The summed E-state index contributed by atoms with van der Waals surface area (Å²) in [5.74, 6) is 0.470. The molecule has 0 radical (unpaired) electrons. The van der Waals surface area contributed by atoms with Crippen LogP contribution in [0.5, 0.6) is 0 Å². The van der Waals surface area contributed by atoms with E-state index < -0.39 is 0 Å². The quantitative estimate of drug-likeness (QED) is 0.504. The van der Waals surface area contributed by atoms with E-state index in [9.17, 15) is 4.79 Å². The molecule has 2 nitrogen and oxygen atoms in total. The number of carbonyl (C=O) groups excluding carboxylic acids is 1. The Kier molecular flexibility index (Phi) is 5.64. The van der Waals surface area contributed by atoms with Crippen LogP contribution in [0, 0.1) is 11.8 Å². The maximum absolute atomic E-state index is 10.6. The highest BCUT2D eigenvalue weighted by atomic mass is 16.2. The summed E-state index contributed by atoms with van der Waals surface area (Å²) in [5, 5.41) is 8.60. The lowest BCUT2D eigenvalue weighted by atomic mass is 9.91. The molecule has 0 fully saturated rings. The lowest BCUT2D eigenvalue weighted by Gasteiger charge is -2.13. The number of aliphatic hydroxyl groups excluding tert-OH is 1. The molecule has 0 spiro atoms. The second kappa shape index (κ2) is 5.95. The van der Waals surface area contributed by atoms with Crippen molar-refractivity contribution in [3.05, 3.63) is 11.6 Å². The number of allylic oxidation sites excluding steroid dienone is 1. The molecule has 1 atom stereocenters. The fourth-order valence-electron chi connectivity index (χ4n) is 1.05. The molecule has 0 amide bonds. The minimum atomic E-state index is 0.0650. The van der Waals surface area contributed by atoms with Gasteiger partial charge in [0.1, 0.15) is 6.29 Å². The lowest BCUT2D eigenvalue weighted by Crippen LogP contribution is -2.10. The topological polar surface area (TPSA) is 37.3 Å². The molecule has 12 heavy (non-hydrogen) atoms. The highest BCUT2D eigenvalue weighted by Crippen LogP contribution is 2.17. The van der Waals surface area contributed by atoms with Gasteiger partial charge in [0.05, 0.1) is 6.61 Å². The molecule has 0 aromatic carbocycles. The van der Waals surface area contributed by atoms with Crippen LogP contribution in [0.4, 0.5) is 0 Å². The Labute approximate surface area is 74.3 Å². The van der Waals surface area contributed by atoms with Crippen LogP contribution in [0.25, 0.3) is 0 Å². The van der Waals surface area contributed by atoms with E-state index in [1.54, 1.807) is 6.08 Å². The van der Waals surface area contributed by atoms with Gasteiger partial charge in [0.25, 0.3) is 0 Å². The van der Waals surface area contributed by atoms with Gasteiger partial charge in [-0.1, -0.05) is 25.5 Å². The van der Waals surface area contributed by atoms with Crippen molar-refractivity contribution in [3.63, 3.8) is 0 Å². The van der Waals surface area contributed by atoms with Crippen LogP contribution in [0.3, 0.4) is 0 Å². The first-order valence-electron chi connectivity index (χ1n) is 4.33. The smallest absolute Gasteiger partial charge is 0.123 e. The monoisotopic (exact) mass is 170 g/mol. The molecule has 2 heteroatoms. The molecule has 0 heterocycles. The van der Waals surface area contributed by atoms with Gasteiger partial charge in [-0.3, -0.25) is 0 Å². The van der Waals surface area contributed by atoms with Crippen LogP contribution >= 0.6 is 0 Å². The predicted octanol–water partition coefficient (Wildman–Crippen LogP) is 1.79. The Morgan fingerprint density at radius 3 is 2.42 bits per heavy atom. The van der Waals surface area contributed by atoms with Crippen molar-refractivity contribution in [1.82, 2.24) is 0 Å². The molecule has 0 rings (SSSR count). The van der Waals surface area contributed by atoms with Crippen LogP contribution in [0.2, 0.25) is 0 Å². The van der Waals surface area contributed by atoms with Gasteiger partial charge in [-0.25, -0.2) is 0 Å². The molecule has 1 unspecified atom stereocenters. The average molecular weight is 170 g/mol. The van der Waals surface area contributed by atoms with Crippen molar-refractivity contribution in [2.75, 3.05) is 6.61 Å². The minimum absolute atomic E-state index is 0.0650. The summed E-state index contributed by atoms with van der Waals surface area (Å²) in [6.45, 7) is 6.07. The van der Waals surface area contributed by atoms with E-state index in [2.05, 4.69) is 0 Å². The third-order valence-electron chi connectivity index (χ3n) is 2.03. The molecule has 0 aliphatic heterocycles. The zero-order valence-corrected chi connectivity index (χ0v) is 8.08. The molecular weight excluding hydrogens is 152 g/mol. The van der Waals surface area contributed by atoms with Crippen LogP contribution in [0.15, 0.2) is 11.6 Å². The summed E-state index contributed by atoms with van der Waals surface area (Å²) < 4.78 is 0. The van der Waals surface area contributed by atoms with E-state index in [1.807, 2.05) is 20.8 Å². The van der Waals surface area contributed by atoms with E-state index in [1.165, 1.54) is 0 Å².